The van der Waals surface area contributed by atoms with Gasteiger partial charge in [-0.05, 0) is 42.8 Å². The standard InChI is InChI=1S/C15H17ClN2/c1-3-17-9-12-6-7-14(16)8-15(12)13-5-4-11(2)18-10-13/h4-8,10,17H,3,9H2,1-2H3. The molecular formula is C15H17ClN2. The lowest BCUT2D eigenvalue weighted by Gasteiger charge is -2.11. The molecule has 0 fully saturated rings. The second kappa shape index (κ2) is 5.98. The normalized spacial score (nSPS) is 10.6. The van der Waals surface area contributed by atoms with E-state index in [1.807, 2.05) is 31.3 Å². The van der Waals surface area contributed by atoms with Gasteiger partial charge in [0.2, 0.25) is 0 Å². The van der Waals surface area contributed by atoms with E-state index >= 15 is 0 Å². The quantitative estimate of drug-likeness (QED) is 0.904. The third kappa shape index (κ3) is 3.09. The number of aromatic nitrogens is 1. The molecule has 0 radical (unpaired) electrons. The number of nitrogens with one attached hydrogen (secondary N) is 1. The smallest absolute Gasteiger partial charge is 0.0412 e. The molecule has 0 unspecified atom stereocenters. The van der Waals surface area contributed by atoms with Crippen LogP contribution in [0.15, 0.2) is 36.5 Å². The van der Waals surface area contributed by atoms with Gasteiger partial charge in [-0.15, -0.1) is 0 Å². The molecule has 18 heavy (non-hydrogen) atoms. The van der Waals surface area contributed by atoms with Crippen molar-refractivity contribution in [1.82, 2.24) is 10.3 Å². The molecule has 0 saturated carbocycles. The van der Waals surface area contributed by atoms with Crippen LogP contribution in [0.1, 0.15) is 18.2 Å². The molecule has 0 aliphatic heterocycles. The second-order valence-electron chi connectivity index (χ2n) is 4.27. The molecule has 2 nitrogen and oxygen atoms in total. The fourth-order valence-corrected chi connectivity index (χ4v) is 2.03. The summed E-state index contributed by atoms with van der Waals surface area (Å²) in [5.74, 6) is 0. The summed E-state index contributed by atoms with van der Waals surface area (Å²) in [5.41, 5.74) is 4.52. The number of benzene rings is 1. The van der Waals surface area contributed by atoms with Crippen molar-refractivity contribution in [2.45, 2.75) is 20.4 Å². The lowest BCUT2D eigenvalue weighted by Crippen LogP contribution is -2.12. The predicted octanol–water partition coefficient (Wildman–Crippen LogP) is 3.82. The summed E-state index contributed by atoms with van der Waals surface area (Å²) in [5, 5.41) is 4.10. The van der Waals surface area contributed by atoms with Crippen LogP contribution in [0.4, 0.5) is 0 Å². The fourth-order valence-electron chi connectivity index (χ4n) is 1.86. The van der Waals surface area contributed by atoms with E-state index in [9.17, 15) is 0 Å². The molecule has 0 spiro atoms. The van der Waals surface area contributed by atoms with E-state index in [1.165, 1.54) is 5.56 Å². The Morgan fingerprint density at radius 3 is 2.72 bits per heavy atom. The van der Waals surface area contributed by atoms with Gasteiger partial charge in [0.05, 0.1) is 0 Å². The zero-order chi connectivity index (χ0) is 13.0. The molecule has 0 aliphatic carbocycles. The van der Waals surface area contributed by atoms with Crippen LogP contribution in [0.2, 0.25) is 5.02 Å². The zero-order valence-electron chi connectivity index (χ0n) is 10.7. The predicted molar refractivity (Wildman–Crippen MR) is 76.8 cm³/mol. The average molecular weight is 261 g/mol. The van der Waals surface area contributed by atoms with Crippen molar-refractivity contribution in [2.24, 2.45) is 0 Å². The Morgan fingerprint density at radius 1 is 1.22 bits per heavy atom. The molecule has 1 aromatic heterocycles. The first kappa shape index (κ1) is 13.1. The van der Waals surface area contributed by atoms with Crippen LogP contribution in [0.3, 0.4) is 0 Å². The van der Waals surface area contributed by atoms with E-state index in [0.717, 1.165) is 34.9 Å². The molecular weight excluding hydrogens is 244 g/mol. The van der Waals surface area contributed by atoms with E-state index in [1.54, 1.807) is 0 Å². The van der Waals surface area contributed by atoms with Crippen molar-refractivity contribution in [3.63, 3.8) is 0 Å². The number of nitrogens with zero attached hydrogens (tertiary/aromatic N) is 1. The maximum atomic E-state index is 6.09. The molecule has 0 atom stereocenters. The SMILES string of the molecule is CCNCc1ccc(Cl)cc1-c1ccc(C)nc1. The molecule has 2 aromatic rings. The van der Waals surface area contributed by atoms with E-state index in [4.69, 9.17) is 11.6 Å². The van der Waals surface area contributed by atoms with Gasteiger partial charge in [-0.25, -0.2) is 0 Å². The molecule has 0 amide bonds. The van der Waals surface area contributed by atoms with Gasteiger partial charge in [-0.3, -0.25) is 4.98 Å². The van der Waals surface area contributed by atoms with Crippen LogP contribution >= 0.6 is 11.6 Å². The zero-order valence-corrected chi connectivity index (χ0v) is 11.5. The molecule has 0 aliphatic rings. The first-order valence-electron chi connectivity index (χ1n) is 6.13. The summed E-state index contributed by atoms with van der Waals surface area (Å²) >= 11 is 6.09. The first-order chi connectivity index (χ1) is 8.70. The van der Waals surface area contributed by atoms with Gasteiger partial charge >= 0.3 is 0 Å². The number of hydrogen-bond donors (Lipinski definition) is 1. The summed E-state index contributed by atoms with van der Waals surface area (Å²) in [4.78, 5) is 4.34. The summed E-state index contributed by atoms with van der Waals surface area (Å²) in [6.45, 7) is 5.88. The topological polar surface area (TPSA) is 24.9 Å². The van der Waals surface area contributed by atoms with Crippen LogP contribution in [-0.2, 0) is 6.54 Å². The van der Waals surface area contributed by atoms with Crippen LogP contribution in [0.25, 0.3) is 11.1 Å². The average Bonchev–Trinajstić information content (AvgIpc) is 2.38. The Balaban J connectivity index is 2.40. The third-order valence-electron chi connectivity index (χ3n) is 2.86. The van der Waals surface area contributed by atoms with E-state index in [-0.39, 0.29) is 0 Å². The third-order valence-corrected chi connectivity index (χ3v) is 3.09. The molecule has 94 valence electrons. The molecule has 3 heteroatoms. The number of rotatable bonds is 4. The van der Waals surface area contributed by atoms with Gasteiger partial charge < -0.3 is 5.32 Å². The van der Waals surface area contributed by atoms with Crippen molar-refractivity contribution < 1.29 is 0 Å². The van der Waals surface area contributed by atoms with Gasteiger partial charge in [0.15, 0.2) is 0 Å². The van der Waals surface area contributed by atoms with Gasteiger partial charge in [0.25, 0.3) is 0 Å². The lowest BCUT2D eigenvalue weighted by atomic mass is 10.0. The Labute approximate surface area is 113 Å². The van der Waals surface area contributed by atoms with Crippen LogP contribution in [-0.4, -0.2) is 11.5 Å². The Kier molecular flexibility index (Phi) is 4.34. The molecule has 0 bridgehead atoms. The highest BCUT2D eigenvalue weighted by molar-refractivity contribution is 6.30. The fraction of sp³-hybridized carbons (Fsp3) is 0.267. The van der Waals surface area contributed by atoms with Crippen molar-refractivity contribution in [3.8, 4) is 11.1 Å². The number of pyridine rings is 1. The first-order valence-corrected chi connectivity index (χ1v) is 6.50. The van der Waals surface area contributed by atoms with Crippen LogP contribution in [0, 0.1) is 6.92 Å². The van der Waals surface area contributed by atoms with E-state index < -0.39 is 0 Å². The van der Waals surface area contributed by atoms with Gasteiger partial charge in [0.1, 0.15) is 0 Å². The molecule has 0 saturated heterocycles. The maximum absolute atomic E-state index is 6.09. The Morgan fingerprint density at radius 2 is 2.06 bits per heavy atom. The van der Waals surface area contributed by atoms with Crippen molar-refractivity contribution >= 4 is 11.6 Å². The highest BCUT2D eigenvalue weighted by Crippen LogP contribution is 2.26. The van der Waals surface area contributed by atoms with Crippen LogP contribution < -0.4 is 5.32 Å². The number of halogens is 1. The molecule has 1 aromatic carbocycles. The number of hydrogen-bond acceptors (Lipinski definition) is 2. The number of aryl methyl sites for hydroxylation is 1. The van der Waals surface area contributed by atoms with Crippen molar-refractivity contribution in [1.29, 1.82) is 0 Å². The second-order valence-corrected chi connectivity index (χ2v) is 4.71. The maximum Gasteiger partial charge on any atom is 0.0412 e. The summed E-state index contributed by atoms with van der Waals surface area (Å²) in [7, 11) is 0. The lowest BCUT2D eigenvalue weighted by molar-refractivity contribution is 0.728. The highest BCUT2D eigenvalue weighted by Gasteiger charge is 2.06. The Hall–Kier alpha value is -1.38. The molecule has 1 heterocycles. The van der Waals surface area contributed by atoms with Crippen molar-refractivity contribution in [3.05, 3.63) is 52.8 Å². The minimum Gasteiger partial charge on any atom is -0.313 e. The van der Waals surface area contributed by atoms with Crippen molar-refractivity contribution in [2.75, 3.05) is 6.54 Å². The summed E-state index contributed by atoms with van der Waals surface area (Å²) < 4.78 is 0. The minimum absolute atomic E-state index is 0.755. The monoisotopic (exact) mass is 260 g/mol. The van der Waals surface area contributed by atoms with E-state index in [2.05, 4.69) is 29.4 Å². The largest absolute Gasteiger partial charge is 0.313 e. The highest BCUT2D eigenvalue weighted by atomic mass is 35.5. The minimum atomic E-state index is 0.755. The molecule has 1 N–H and O–H groups in total. The van der Waals surface area contributed by atoms with Gasteiger partial charge in [-0.2, -0.15) is 0 Å². The Bertz CT molecular complexity index is 521. The molecule has 2 rings (SSSR count). The van der Waals surface area contributed by atoms with E-state index in [0.29, 0.717) is 0 Å². The van der Waals surface area contributed by atoms with Crippen LogP contribution in [0.5, 0.6) is 0 Å². The summed E-state index contributed by atoms with van der Waals surface area (Å²) in [6.07, 6.45) is 1.90. The van der Waals surface area contributed by atoms with Gasteiger partial charge in [-0.1, -0.05) is 30.7 Å². The van der Waals surface area contributed by atoms with Gasteiger partial charge in [0, 0.05) is 29.0 Å². The summed E-state index contributed by atoms with van der Waals surface area (Å²) in [6, 6.07) is 10.1.